The lowest BCUT2D eigenvalue weighted by atomic mass is 9.94. The van der Waals surface area contributed by atoms with Gasteiger partial charge in [-0.25, -0.2) is 4.79 Å². The minimum Gasteiger partial charge on any atom is -0.497 e. The number of fused-ring (bicyclic) bond motifs is 1. The van der Waals surface area contributed by atoms with Crippen LogP contribution in [0.3, 0.4) is 0 Å². The molecule has 2 rings (SSSR count). The standard InChI is InChI=1S/C20H24O5/c1-5-7-8-15-17-11-14(23-4)9-10-16(17)19(25-13(3)21)12-18(15)20(22)24-6-2/h9-12H,5-8H2,1-4H3. The van der Waals surface area contributed by atoms with Gasteiger partial charge >= 0.3 is 11.9 Å². The lowest BCUT2D eigenvalue weighted by molar-refractivity contribution is -0.131. The number of methoxy groups -OCH3 is 1. The fourth-order valence-electron chi connectivity index (χ4n) is 2.81. The Morgan fingerprint density at radius 1 is 1.08 bits per heavy atom. The number of rotatable bonds is 7. The predicted octanol–water partition coefficient (Wildman–Crippen LogP) is 4.29. The van der Waals surface area contributed by atoms with E-state index < -0.39 is 11.9 Å². The summed E-state index contributed by atoms with van der Waals surface area (Å²) in [6, 6.07) is 7.13. The fourth-order valence-corrected chi connectivity index (χ4v) is 2.81. The van der Waals surface area contributed by atoms with E-state index in [1.165, 1.54) is 6.92 Å². The van der Waals surface area contributed by atoms with E-state index in [2.05, 4.69) is 6.92 Å². The molecule has 134 valence electrons. The van der Waals surface area contributed by atoms with Crippen LogP contribution in [0.5, 0.6) is 11.5 Å². The van der Waals surface area contributed by atoms with E-state index in [1.807, 2.05) is 18.2 Å². The summed E-state index contributed by atoms with van der Waals surface area (Å²) in [5.41, 5.74) is 1.33. The van der Waals surface area contributed by atoms with E-state index >= 15 is 0 Å². The molecule has 0 heterocycles. The monoisotopic (exact) mass is 344 g/mol. The van der Waals surface area contributed by atoms with Crippen molar-refractivity contribution in [3.8, 4) is 11.5 Å². The van der Waals surface area contributed by atoms with Gasteiger partial charge in [-0.3, -0.25) is 4.79 Å². The number of carbonyl (C=O) groups excluding carboxylic acids is 2. The van der Waals surface area contributed by atoms with E-state index in [0.717, 1.165) is 35.6 Å². The van der Waals surface area contributed by atoms with Crippen molar-refractivity contribution >= 4 is 22.7 Å². The average molecular weight is 344 g/mol. The van der Waals surface area contributed by atoms with Crippen LogP contribution in [0.1, 0.15) is 49.5 Å². The number of hydrogen-bond donors (Lipinski definition) is 0. The van der Waals surface area contributed by atoms with Crippen LogP contribution in [0.25, 0.3) is 10.8 Å². The summed E-state index contributed by atoms with van der Waals surface area (Å²) < 4.78 is 15.9. The van der Waals surface area contributed by atoms with Gasteiger partial charge in [-0.15, -0.1) is 0 Å². The van der Waals surface area contributed by atoms with Crippen molar-refractivity contribution in [1.29, 1.82) is 0 Å². The molecule has 5 nitrogen and oxygen atoms in total. The third-order valence-corrected chi connectivity index (χ3v) is 3.95. The zero-order valence-electron chi connectivity index (χ0n) is 15.2. The Morgan fingerprint density at radius 3 is 2.44 bits per heavy atom. The zero-order valence-corrected chi connectivity index (χ0v) is 15.2. The van der Waals surface area contributed by atoms with Gasteiger partial charge in [0.25, 0.3) is 0 Å². The SMILES string of the molecule is CCCCc1c(C(=O)OCC)cc(OC(C)=O)c2ccc(OC)cc12. The Hall–Kier alpha value is -2.56. The number of esters is 2. The Kier molecular flexibility index (Phi) is 6.39. The molecular formula is C20H24O5. The largest absolute Gasteiger partial charge is 0.497 e. The number of aryl methyl sites for hydroxylation is 1. The van der Waals surface area contributed by atoms with E-state index in [4.69, 9.17) is 14.2 Å². The summed E-state index contributed by atoms with van der Waals surface area (Å²) in [7, 11) is 1.59. The molecular weight excluding hydrogens is 320 g/mol. The summed E-state index contributed by atoms with van der Waals surface area (Å²) in [4.78, 5) is 24.0. The van der Waals surface area contributed by atoms with E-state index in [1.54, 1.807) is 20.1 Å². The maximum Gasteiger partial charge on any atom is 0.338 e. The molecule has 0 saturated heterocycles. The summed E-state index contributed by atoms with van der Waals surface area (Å²) in [5, 5.41) is 1.62. The lowest BCUT2D eigenvalue weighted by Crippen LogP contribution is -2.11. The first-order valence-corrected chi connectivity index (χ1v) is 8.50. The molecule has 0 bridgehead atoms. The molecule has 0 unspecified atom stereocenters. The van der Waals surface area contributed by atoms with Gasteiger partial charge in [0.15, 0.2) is 0 Å². The molecule has 0 atom stereocenters. The van der Waals surface area contributed by atoms with Crippen molar-refractivity contribution < 1.29 is 23.8 Å². The van der Waals surface area contributed by atoms with Crippen LogP contribution in [-0.4, -0.2) is 25.7 Å². The molecule has 0 amide bonds. The maximum absolute atomic E-state index is 12.5. The van der Waals surface area contributed by atoms with E-state index in [0.29, 0.717) is 17.1 Å². The Bertz CT molecular complexity index is 779. The van der Waals surface area contributed by atoms with Crippen molar-refractivity contribution in [2.75, 3.05) is 13.7 Å². The van der Waals surface area contributed by atoms with Crippen LogP contribution in [0.2, 0.25) is 0 Å². The van der Waals surface area contributed by atoms with Gasteiger partial charge in [0.2, 0.25) is 0 Å². The summed E-state index contributed by atoms with van der Waals surface area (Å²) in [6.07, 6.45) is 2.67. The minimum absolute atomic E-state index is 0.283. The molecule has 0 aliphatic heterocycles. The topological polar surface area (TPSA) is 61.8 Å². The second kappa shape index (κ2) is 8.51. The molecule has 0 radical (unpaired) electrons. The highest BCUT2D eigenvalue weighted by Crippen LogP contribution is 2.35. The molecule has 0 saturated carbocycles. The normalized spacial score (nSPS) is 10.6. The van der Waals surface area contributed by atoms with Crippen LogP contribution >= 0.6 is 0 Å². The Morgan fingerprint density at radius 2 is 1.84 bits per heavy atom. The molecule has 0 aliphatic rings. The van der Waals surface area contributed by atoms with Crippen LogP contribution < -0.4 is 9.47 Å². The third kappa shape index (κ3) is 4.29. The van der Waals surface area contributed by atoms with Crippen LogP contribution in [-0.2, 0) is 16.0 Å². The lowest BCUT2D eigenvalue weighted by Gasteiger charge is -2.16. The van der Waals surface area contributed by atoms with Crippen molar-refractivity contribution in [2.45, 2.75) is 40.0 Å². The van der Waals surface area contributed by atoms with Crippen molar-refractivity contribution in [3.63, 3.8) is 0 Å². The van der Waals surface area contributed by atoms with Gasteiger partial charge in [0, 0.05) is 12.3 Å². The van der Waals surface area contributed by atoms with Crippen molar-refractivity contribution in [1.82, 2.24) is 0 Å². The molecule has 0 aliphatic carbocycles. The van der Waals surface area contributed by atoms with Crippen molar-refractivity contribution in [2.24, 2.45) is 0 Å². The summed E-state index contributed by atoms with van der Waals surface area (Å²) in [6.45, 7) is 5.48. The number of ether oxygens (including phenoxy) is 3. The van der Waals surface area contributed by atoms with Crippen LogP contribution in [0.4, 0.5) is 0 Å². The molecule has 2 aromatic rings. The van der Waals surface area contributed by atoms with E-state index in [-0.39, 0.29) is 6.61 Å². The highest BCUT2D eigenvalue weighted by atomic mass is 16.5. The number of benzene rings is 2. The quantitative estimate of drug-likeness (QED) is 0.554. The molecule has 0 N–H and O–H groups in total. The first-order chi connectivity index (χ1) is 12.0. The Labute approximate surface area is 147 Å². The second-order valence-electron chi connectivity index (χ2n) is 5.73. The third-order valence-electron chi connectivity index (χ3n) is 3.95. The van der Waals surface area contributed by atoms with Gasteiger partial charge in [-0.2, -0.15) is 0 Å². The molecule has 0 spiro atoms. The second-order valence-corrected chi connectivity index (χ2v) is 5.73. The number of carbonyl (C=O) groups is 2. The molecule has 0 aromatic heterocycles. The first-order valence-electron chi connectivity index (χ1n) is 8.50. The van der Waals surface area contributed by atoms with Gasteiger partial charge in [0.1, 0.15) is 11.5 Å². The predicted molar refractivity (Wildman–Crippen MR) is 96.4 cm³/mol. The summed E-state index contributed by atoms with van der Waals surface area (Å²) >= 11 is 0. The zero-order chi connectivity index (χ0) is 18.4. The highest BCUT2D eigenvalue weighted by molar-refractivity contribution is 6.02. The molecule has 2 aromatic carbocycles. The molecule has 25 heavy (non-hydrogen) atoms. The van der Waals surface area contributed by atoms with Crippen molar-refractivity contribution in [3.05, 3.63) is 35.4 Å². The van der Waals surface area contributed by atoms with Crippen LogP contribution in [0, 0.1) is 0 Å². The Balaban J connectivity index is 2.76. The van der Waals surface area contributed by atoms with Gasteiger partial charge in [-0.05, 0) is 55.0 Å². The van der Waals surface area contributed by atoms with Gasteiger partial charge in [0.05, 0.1) is 19.3 Å². The van der Waals surface area contributed by atoms with Gasteiger partial charge < -0.3 is 14.2 Å². The maximum atomic E-state index is 12.5. The summed E-state index contributed by atoms with van der Waals surface area (Å²) in [5.74, 6) is 0.188. The number of hydrogen-bond acceptors (Lipinski definition) is 5. The highest BCUT2D eigenvalue weighted by Gasteiger charge is 2.20. The average Bonchev–Trinajstić information content (AvgIpc) is 2.59. The molecule has 0 fully saturated rings. The minimum atomic E-state index is -0.437. The molecule has 5 heteroatoms. The smallest absolute Gasteiger partial charge is 0.338 e. The van der Waals surface area contributed by atoms with Crippen LogP contribution in [0.15, 0.2) is 24.3 Å². The first kappa shape index (κ1) is 18.8. The van der Waals surface area contributed by atoms with Gasteiger partial charge in [-0.1, -0.05) is 13.3 Å². The van der Waals surface area contributed by atoms with E-state index in [9.17, 15) is 9.59 Å². The number of unbranched alkanes of at least 4 members (excludes halogenated alkanes) is 1. The fraction of sp³-hybridized carbons (Fsp3) is 0.400.